The molecule has 1 aliphatic rings. The number of unbranched alkanes of at least 4 members (excludes halogenated alkanes) is 1. The SMILES string of the molecule is CCCCC(CC)CNC(=NC)NCCCOCC1CCCO1.I. The van der Waals surface area contributed by atoms with Gasteiger partial charge in [0.25, 0.3) is 0 Å². The highest BCUT2D eigenvalue weighted by molar-refractivity contribution is 14.0. The Kier molecular flexibility index (Phi) is 16.3. The summed E-state index contributed by atoms with van der Waals surface area (Å²) in [5.74, 6) is 1.64. The fraction of sp³-hybridized carbons (Fsp3) is 0.944. The Labute approximate surface area is 165 Å². The summed E-state index contributed by atoms with van der Waals surface area (Å²) in [5, 5.41) is 6.80. The van der Waals surface area contributed by atoms with Crippen LogP contribution in [0.5, 0.6) is 0 Å². The van der Waals surface area contributed by atoms with Crippen molar-refractivity contribution >= 4 is 29.9 Å². The van der Waals surface area contributed by atoms with Crippen molar-refractivity contribution in [1.29, 1.82) is 0 Å². The average molecular weight is 455 g/mol. The van der Waals surface area contributed by atoms with Crippen LogP contribution in [0.3, 0.4) is 0 Å². The molecule has 0 amide bonds. The molecule has 5 nitrogen and oxygen atoms in total. The normalized spacial score (nSPS) is 19.0. The van der Waals surface area contributed by atoms with Crippen LogP contribution in [0.4, 0.5) is 0 Å². The van der Waals surface area contributed by atoms with E-state index >= 15 is 0 Å². The molecule has 0 radical (unpaired) electrons. The van der Waals surface area contributed by atoms with Gasteiger partial charge >= 0.3 is 0 Å². The Morgan fingerprint density at radius 3 is 2.75 bits per heavy atom. The molecule has 1 rings (SSSR count). The zero-order valence-corrected chi connectivity index (χ0v) is 18.1. The zero-order valence-electron chi connectivity index (χ0n) is 15.8. The number of halogens is 1. The summed E-state index contributed by atoms with van der Waals surface area (Å²) in [4.78, 5) is 4.29. The van der Waals surface area contributed by atoms with Crippen LogP contribution in [0.15, 0.2) is 4.99 Å². The van der Waals surface area contributed by atoms with Gasteiger partial charge in [0.1, 0.15) is 0 Å². The van der Waals surface area contributed by atoms with E-state index in [0.717, 1.165) is 57.6 Å². The van der Waals surface area contributed by atoms with Crippen LogP contribution in [-0.4, -0.2) is 52.0 Å². The second-order valence-electron chi connectivity index (χ2n) is 6.36. The van der Waals surface area contributed by atoms with E-state index in [0.29, 0.717) is 6.10 Å². The van der Waals surface area contributed by atoms with Crippen molar-refractivity contribution in [3.05, 3.63) is 0 Å². The van der Waals surface area contributed by atoms with Crippen molar-refractivity contribution in [3.63, 3.8) is 0 Å². The Morgan fingerprint density at radius 2 is 2.12 bits per heavy atom. The maximum Gasteiger partial charge on any atom is 0.190 e. The third-order valence-corrected chi connectivity index (χ3v) is 4.41. The molecule has 0 aromatic carbocycles. The number of nitrogens with zero attached hydrogens (tertiary/aromatic N) is 1. The van der Waals surface area contributed by atoms with Crippen LogP contribution in [0.1, 0.15) is 58.8 Å². The smallest absolute Gasteiger partial charge is 0.190 e. The molecule has 1 fully saturated rings. The minimum Gasteiger partial charge on any atom is -0.379 e. The summed E-state index contributed by atoms with van der Waals surface area (Å²) in [6.07, 6.45) is 8.74. The molecular weight excluding hydrogens is 417 g/mol. The van der Waals surface area contributed by atoms with E-state index in [1.54, 1.807) is 0 Å². The molecule has 0 aromatic rings. The first kappa shape index (κ1) is 23.9. The molecule has 1 aliphatic heterocycles. The van der Waals surface area contributed by atoms with Crippen LogP contribution >= 0.6 is 24.0 Å². The van der Waals surface area contributed by atoms with Crippen molar-refractivity contribution in [2.24, 2.45) is 10.9 Å². The van der Waals surface area contributed by atoms with Crippen LogP contribution in [-0.2, 0) is 9.47 Å². The van der Waals surface area contributed by atoms with Crippen LogP contribution in [0.2, 0.25) is 0 Å². The van der Waals surface area contributed by atoms with Crippen molar-refractivity contribution in [1.82, 2.24) is 10.6 Å². The third-order valence-electron chi connectivity index (χ3n) is 4.41. The third kappa shape index (κ3) is 11.5. The molecule has 2 atom stereocenters. The van der Waals surface area contributed by atoms with Gasteiger partial charge in [-0.05, 0) is 31.6 Å². The van der Waals surface area contributed by atoms with Crippen molar-refractivity contribution < 1.29 is 9.47 Å². The van der Waals surface area contributed by atoms with Crippen LogP contribution in [0.25, 0.3) is 0 Å². The minimum atomic E-state index is 0. The van der Waals surface area contributed by atoms with Gasteiger partial charge in [0, 0.05) is 33.4 Å². The lowest BCUT2D eigenvalue weighted by Crippen LogP contribution is -2.40. The zero-order chi connectivity index (χ0) is 16.8. The molecule has 0 saturated carbocycles. The molecule has 6 heteroatoms. The quantitative estimate of drug-likeness (QED) is 0.205. The number of hydrogen-bond donors (Lipinski definition) is 2. The largest absolute Gasteiger partial charge is 0.379 e. The highest BCUT2D eigenvalue weighted by atomic mass is 127. The molecule has 2 unspecified atom stereocenters. The van der Waals surface area contributed by atoms with E-state index in [4.69, 9.17) is 9.47 Å². The van der Waals surface area contributed by atoms with E-state index in [9.17, 15) is 0 Å². The van der Waals surface area contributed by atoms with Gasteiger partial charge in [0.2, 0.25) is 0 Å². The van der Waals surface area contributed by atoms with Crippen LogP contribution in [0, 0.1) is 5.92 Å². The first-order chi connectivity index (χ1) is 11.3. The van der Waals surface area contributed by atoms with E-state index in [2.05, 4.69) is 29.5 Å². The van der Waals surface area contributed by atoms with Gasteiger partial charge in [-0.25, -0.2) is 0 Å². The lowest BCUT2D eigenvalue weighted by molar-refractivity contribution is 0.0168. The van der Waals surface area contributed by atoms with Gasteiger partial charge in [-0.3, -0.25) is 4.99 Å². The summed E-state index contributed by atoms with van der Waals surface area (Å²) in [6, 6.07) is 0. The van der Waals surface area contributed by atoms with Crippen LogP contribution < -0.4 is 10.6 Å². The molecule has 0 aliphatic carbocycles. The Balaban J connectivity index is 0.00000529. The maximum atomic E-state index is 5.67. The number of rotatable bonds is 12. The topological polar surface area (TPSA) is 54.9 Å². The van der Waals surface area contributed by atoms with Gasteiger partial charge in [-0.15, -0.1) is 24.0 Å². The minimum absolute atomic E-state index is 0. The van der Waals surface area contributed by atoms with E-state index in [1.807, 2.05) is 7.05 Å². The van der Waals surface area contributed by atoms with Crippen molar-refractivity contribution in [2.75, 3.05) is 40.0 Å². The summed E-state index contributed by atoms with van der Waals surface area (Å²) in [5.41, 5.74) is 0. The fourth-order valence-electron chi connectivity index (χ4n) is 2.78. The van der Waals surface area contributed by atoms with E-state index in [1.165, 1.54) is 32.1 Å². The van der Waals surface area contributed by atoms with E-state index < -0.39 is 0 Å². The van der Waals surface area contributed by atoms with Gasteiger partial charge in [0.15, 0.2) is 5.96 Å². The standard InChI is InChI=1S/C18H37N3O2.HI/c1-4-6-9-16(5-2)14-21-18(19-3)20-11-8-12-22-15-17-10-7-13-23-17;/h16-17H,4-15H2,1-3H3,(H2,19,20,21);1H. The predicted molar refractivity (Wildman–Crippen MR) is 112 cm³/mol. The lowest BCUT2D eigenvalue weighted by Gasteiger charge is -2.18. The van der Waals surface area contributed by atoms with Gasteiger partial charge in [0.05, 0.1) is 12.7 Å². The number of ether oxygens (including phenoxy) is 2. The van der Waals surface area contributed by atoms with Crippen molar-refractivity contribution in [3.8, 4) is 0 Å². The number of aliphatic imine (C=N–C) groups is 1. The molecule has 1 saturated heterocycles. The van der Waals surface area contributed by atoms with Crippen molar-refractivity contribution in [2.45, 2.75) is 64.9 Å². The van der Waals surface area contributed by atoms with E-state index in [-0.39, 0.29) is 24.0 Å². The number of hydrogen-bond acceptors (Lipinski definition) is 3. The number of nitrogens with one attached hydrogen (secondary N) is 2. The molecule has 0 spiro atoms. The molecular formula is C18H38IN3O2. The monoisotopic (exact) mass is 455 g/mol. The highest BCUT2D eigenvalue weighted by Gasteiger charge is 2.14. The Hall–Kier alpha value is -0.0800. The molecule has 1 heterocycles. The fourth-order valence-corrected chi connectivity index (χ4v) is 2.78. The molecule has 24 heavy (non-hydrogen) atoms. The molecule has 0 bridgehead atoms. The summed E-state index contributed by atoms with van der Waals surface area (Å²) < 4.78 is 11.2. The van der Waals surface area contributed by atoms with Gasteiger partial charge in [-0.1, -0.05) is 33.1 Å². The lowest BCUT2D eigenvalue weighted by atomic mass is 9.99. The summed E-state index contributed by atoms with van der Waals surface area (Å²) in [7, 11) is 1.83. The Bertz CT molecular complexity index is 311. The molecule has 2 N–H and O–H groups in total. The first-order valence-corrected chi connectivity index (χ1v) is 9.44. The second-order valence-corrected chi connectivity index (χ2v) is 6.36. The molecule has 0 aromatic heterocycles. The predicted octanol–water partition coefficient (Wildman–Crippen LogP) is 3.57. The Morgan fingerprint density at radius 1 is 1.29 bits per heavy atom. The van der Waals surface area contributed by atoms with Gasteiger partial charge < -0.3 is 20.1 Å². The maximum absolute atomic E-state index is 5.67. The second kappa shape index (κ2) is 16.4. The average Bonchev–Trinajstić information content (AvgIpc) is 3.09. The summed E-state index contributed by atoms with van der Waals surface area (Å²) >= 11 is 0. The number of guanidine groups is 1. The highest BCUT2D eigenvalue weighted by Crippen LogP contribution is 2.12. The van der Waals surface area contributed by atoms with Gasteiger partial charge in [-0.2, -0.15) is 0 Å². The molecule has 144 valence electrons. The first-order valence-electron chi connectivity index (χ1n) is 9.44. The summed E-state index contributed by atoms with van der Waals surface area (Å²) in [6.45, 7) is 8.82.